The first-order valence-corrected chi connectivity index (χ1v) is 9.72. The zero-order valence-electron chi connectivity index (χ0n) is 16.9. The average molecular weight is 408 g/mol. The maximum absolute atomic E-state index is 12.9. The number of benzene rings is 2. The molecule has 0 saturated carbocycles. The van der Waals surface area contributed by atoms with Crippen LogP contribution < -0.4 is 4.90 Å². The predicted molar refractivity (Wildman–Crippen MR) is 114 cm³/mol. The molecule has 7 nitrogen and oxygen atoms in total. The first-order valence-electron chi connectivity index (χ1n) is 9.72. The number of H-pyrrole nitrogens is 1. The molecule has 1 unspecified atom stereocenters. The van der Waals surface area contributed by atoms with Crippen molar-refractivity contribution in [3.05, 3.63) is 65.9 Å². The molecule has 1 aromatic heterocycles. The van der Waals surface area contributed by atoms with Gasteiger partial charge in [-0.3, -0.25) is 14.4 Å². The molecule has 156 valence electrons. The van der Waals surface area contributed by atoms with Gasteiger partial charge < -0.3 is 19.7 Å². The topological polar surface area (TPSA) is 99.7 Å². The quantitative estimate of drug-likeness (QED) is 0.550. The summed E-state index contributed by atoms with van der Waals surface area (Å²) in [6, 6.07) is 16.4. The van der Waals surface area contributed by atoms with Gasteiger partial charge in [0.25, 0.3) is 5.91 Å². The van der Waals surface area contributed by atoms with Crippen molar-refractivity contribution in [1.29, 1.82) is 0 Å². The Balaban J connectivity index is 1.87. The van der Waals surface area contributed by atoms with Crippen LogP contribution in [0.4, 0.5) is 5.69 Å². The summed E-state index contributed by atoms with van der Waals surface area (Å²) < 4.78 is 4.98. The van der Waals surface area contributed by atoms with E-state index >= 15 is 0 Å². The Morgan fingerprint density at radius 1 is 1.07 bits per heavy atom. The molecular weight excluding hydrogens is 384 g/mol. The second kappa shape index (κ2) is 9.26. The highest BCUT2D eigenvalue weighted by molar-refractivity contribution is 6.07. The van der Waals surface area contributed by atoms with E-state index in [-0.39, 0.29) is 25.4 Å². The van der Waals surface area contributed by atoms with Crippen LogP contribution in [0.15, 0.2) is 54.6 Å². The van der Waals surface area contributed by atoms with Crippen LogP contribution in [0.1, 0.15) is 41.7 Å². The van der Waals surface area contributed by atoms with Gasteiger partial charge in [-0.05, 0) is 42.8 Å². The zero-order valence-corrected chi connectivity index (χ0v) is 16.9. The minimum absolute atomic E-state index is 0.0153. The molecule has 0 aliphatic heterocycles. The van der Waals surface area contributed by atoms with Gasteiger partial charge >= 0.3 is 11.9 Å². The van der Waals surface area contributed by atoms with Crippen molar-refractivity contribution in [3.63, 3.8) is 0 Å². The van der Waals surface area contributed by atoms with Gasteiger partial charge in [0.05, 0.1) is 19.4 Å². The number of rotatable bonds is 8. The summed E-state index contributed by atoms with van der Waals surface area (Å²) in [7, 11) is 1.71. The van der Waals surface area contributed by atoms with Crippen LogP contribution in [0.25, 0.3) is 10.9 Å². The van der Waals surface area contributed by atoms with Crippen LogP contribution in [0.3, 0.4) is 0 Å². The van der Waals surface area contributed by atoms with Crippen LogP contribution in [-0.4, -0.2) is 41.6 Å². The largest absolute Gasteiger partial charge is 0.481 e. The molecule has 0 aliphatic carbocycles. The van der Waals surface area contributed by atoms with E-state index in [0.717, 1.165) is 16.6 Å². The SMILES string of the molecule is CCOC(=O)CC(CC(=O)O)c1ccc2[nH]c(C(=O)N(C)c3ccccc3)cc2c1. The average Bonchev–Trinajstić information content (AvgIpc) is 3.16. The van der Waals surface area contributed by atoms with Crippen molar-refractivity contribution in [2.45, 2.75) is 25.7 Å². The number of hydrogen-bond donors (Lipinski definition) is 2. The lowest BCUT2D eigenvalue weighted by Gasteiger charge is -2.16. The predicted octanol–water partition coefficient (Wildman–Crippen LogP) is 3.96. The van der Waals surface area contributed by atoms with Gasteiger partial charge in [0, 0.05) is 29.6 Å². The summed E-state index contributed by atoms with van der Waals surface area (Å²) in [4.78, 5) is 40.7. The van der Waals surface area contributed by atoms with Gasteiger partial charge in [-0.25, -0.2) is 0 Å². The second-order valence-corrected chi connectivity index (χ2v) is 7.03. The van der Waals surface area contributed by atoms with Gasteiger partial charge in [0.15, 0.2) is 0 Å². The van der Waals surface area contributed by atoms with Crippen molar-refractivity contribution in [2.75, 3.05) is 18.6 Å². The third kappa shape index (κ3) is 4.86. The fourth-order valence-electron chi connectivity index (χ4n) is 3.41. The van der Waals surface area contributed by atoms with Gasteiger partial charge in [-0.1, -0.05) is 24.3 Å². The maximum Gasteiger partial charge on any atom is 0.306 e. The van der Waals surface area contributed by atoms with E-state index in [4.69, 9.17) is 4.74 Å². The molecule has 7 heteroatoms. The number of anilines is 1. The number of aromatic nitrogens is 1. The fraction of sp³-hybridized carbons (Fsp3) is 0.261. The Hall–Kier alpha value is -3.61. The van der Waals surface area contributed by atoms with Crippen molar-refractivity contribution in [2.24, 2.45) is 0 Å². The summed E-state index contributed by atoms with van der Waals surface area (Å²) in [6.45, 7) is 1.96. The Morgan fingerprint density at radius 3 is 2.47 bits per heavy atom. The highest BCUT2D eigenvalue weighted by atomic mass is 16.5. The van der Waals surface area contributed by atoms with Crippen molar-refractivity contribution < 1.29 is 24.2 Å². The lowest BCUT2D eigenvalue weighted by atomic mass is 9.92. The molecule has 1 amide bonds. The molecule has 3 rings (SSSR count). The molecule has 0 aliphatic rings. The van der Waals surface area contributed by atoms with E-state index in [9.17, 15) is 19.5 Å². The molecule has 1 atom stereocenters. The number of nitrogens with zero attached hydrogens (tertiary/aromatic N) is 1. The number of carbonyl (C=O) groups excluding carboxylic acids is 2. The number of amides is 1. The van der Waals surface area contributed by atoms with Gasteiger partial charge in [-0.15, -0.1) is 0 Å². The summed E-state index contributed by atoms with van der Waals surface area (Å²) >= 11 is 0. The molecule has 2 aromatic carbocycles. The number of ether oxygens (including phenoxy) is 1. The Morgan fingerprint density at radius 2 is 1.80 bits per heavy atom. The Kier molecular flexibility index (Phi) is 6.51. The molecule has 0 fully saturated rings. The zero-order chi connectivity index (χ0) is 21.7. The molecular formula is C23H24N2O5. The summed E-state index contributed by atoms with van der Waals surface area (Å²) in [5, 5.41) is 10.0. The van der Waals surface area contributed by atoms with Crippen molar-refractivity contribution in [1.82, 2.24) is 4.98 Å². The normalized spacial score (nSPS) is 11.8. The number of hydrogen-bond acceptors (Lipinski definition) is 4. The number of para-hydroxylation sites is 1. The lowest BCUT2D eigenvalue weighted by Crippen LogP contribution is -2.26. The summed E-state index contributed by atoms with van der Waals surface area (Å²) in [5.74, 6) is -2.11. The molecule has 0 bridgehead atoms. The smallest absolute Gasteiger partial charge is 0.306 e. The summed E-state index contributed by atoms with van der Waals surface area (Å²) in [6.07, 6.45) is -0.199. The number of carboxylic acids is 1. The van der Waals surface area contributed by atoms with Crippen LogP contribution in [0, 0.1) is 0 Å². The fourth-order valence-corrected chi connectivity index (χ4v) is 3.41. The lowest BCUT2D eigenvalue weighted by molar-refractivity contribution is -0.144. The minimum Gasteiger partial charge on any atom is -0.481 e. The third-order valence-corrected chi connectivity index (χ3v) is 4.93. The van der Waals surface area contributed by atoms with E-state index in [2.05, 4.69) is 4.98 Å². The number of nitrogens with one attached hydrogen (secondary N) is 1. The van der Waals surface area contributed by atoms with Gasteiger partial charge in [0.1, 0.15) is 5.69 Å². The highest BCUT2D eigenvalue weighted by Gasteiger charge is 2.22. The molecule has 1 heterocycles. The van der Waals surface area contributed by atoms with E-state index in [1.54, 1.807) is 37.1 Å². The number of aliphatic carboxylic acids is 1. The molecule has 0 radical (unpaired) electrons. The first kappa shape index (κ1) is 21.1. The number of carboxylic acid groups (broad SMARTS) is 1. The van der Waals surface area contributed by atoms with Gasteiger partial charge in [-0.2, -0.15) is 0 Å². The number of aromatic amines is 1. The standard InChI is InChI=1S/C23H24N2O5/c1-3-30-22(28)14-16(13-21(26)27)15-9-10-19-17(11-15)12-20(24-19)23(29)25(2)18-7-5-4-6-8-18/h4-12,16,24H,3,13-14H2,1-2H3,(H,26,27). The molecule has 30 heavy (non-hydrogen) atoms. The van der Waals surface area contributed by atoms with Crippen LogP contribution in [0.5, 0.6) is 0 Å². The van der Waals surface area contributed by atoms with Gasteiger partial charge in [0.2, 0.25) is 0 Å². The van der Waals surface area contributed by atoms with Crippen molar-refractivity contribution in [3.8, 4) is 0 Å². The third-order valence-electron chi connectivity index (χ3n) is 4.93. The highest BCUT2D eigenvalue weighted by Crippen LogP contribution is 2.28. The maximum atomic E-state index is 12.9. The molecule has 2 N–H and O–H groups in total. The Bertz CT molecular complexity index is 1060. The minimum atomic E-state index is -0.987. The number of fused-ring (bicyclic) bond motifs is 1. The van der Waals surface area contributed by atoms with Crippen LogP contribution in [0.2, 0.25) is 0 Å². The molecule has 0 saturated heterocycles. The monoisotopic (exact) mass is 408 g/mol. The van der Waals surface area contributed by atoms with Crippen LogP contribution in [-0.2, 0) is 14.3 Å². The van der Waals surface area contributed by atoms with Crippen molar-refractivity contribution >= 4 is 34.4 Å². The second-order valence-electron chi connectivity index (χ2n) is 7.03. The van der Waals surface area contributed by atoms with Crippen LogP contribution >= 0.6 is 0 Å². The number of esters is 1. The van der Waals surface area contributed by atoms with E-state index in [1.807, 2.05) is 36.4 Å². The van der Waals surface area contributed by atoms with E-state index in [1.165, 1.54) is 0 Å². The Labute approximate surface area is 174 Å². The first-order chi connectivity index (χ1) is 14.4. The molecule has 3 aromatic rings. The molecule has 0 spiro atoms. The van der Waals surface area contributed by atoms with E-state index in [0.29, 0.717) is 11.3 Å². The summed E-state index contributed by atoms with van der Waals surface area (Å²) in [5.41, 5.74) is 2.67. The van der Waals surface area contributed by atoms with E-state index < -0.39 is 17.9 Å². The number of carbonyl (C=O) groups is 3.